The maximum atomic E-state index is 11.5. The zero-order valence-electron chi connectivity index (χ0n) is 8.95. The van der Waals surface area contributed by atoms with Crippen molar-refractivity contribution in [3.63, 3.8) is 0 Å². The van der Waals surface area contributed by atoms with Crippen molar-refractivity contribution in [2.75, 3.05) is 13.1 Å². The zero-order chi connectivity index (χ0) is 11.3. The normalized spacial score (nSPS) is 17.9. The number of hydrogen-bond donors (Lipinski definition) is 3. The van der Waals surface area contributed by atoms with E-state index < -0.39 is 12.0 Å². The first-order valence-electron chi connectivity index (χ1n) is 5.39. The van der Waals surface area contributed by atoms with E-state index in [2.05, 4.69) is 10.6 Å². The molecule has 1 aliphatic heterocycles. The van der Waals surface area contributed by atoms with Gasteiger partial charge >= 0.3 is 5.97 Å². The third-order valence-corrected chi connectivity index (χ3v) is 2.61. The molecule has 0 bridgehead atoms. The molecule has 0 aromatic rings. The Kier molecular flexibility index (Phi) is 4.55. The predicted molar refractivity (Wildman–Crippen MR) is 55.5 cm³/mol. The van der Waals surface area contributed by atoms with E-state index in [9.17, 15) is 9.59 Å². The topological polar surface area (TPSA) is 78.4 Å². The van der Waals surface area contributed by atoms with Gasteiger partial charge in [-0.25, -0.2) is 4.79 Å². The summed E-state index contributed by atoms with van der Waals surface area (Å²) in [7, 11) is 0. The predicted octanol–water partition coefficient (Wildman–Crippen LogP) is -0.0346. The lowest BCUT2D eigenvalue weighted by atomic mass is 10.0. The summed E-state index contributed by atoms with van der Waals surface area (Å²) in [6.07, 6.45) is 2.27. The third kappa shape index (κ3) is 3.51. The van der Waals surface area contributed by atoms with Crippen LogP contribution in [0.15, 0.2) is 0 Å². The Morgan fingerprint density at radius 3 is 2.60 bits per heavy atom. The number of carboxylic acid groups (broad SMARTS) is 1. The van der Waals surface area contributed by atoms with Gasteiger partial charge in [-0.05, 0) is 6.42 Å². The van der Waals surface area contributed by atoms with Crippen LogP contribution in [-0.2, 0) is 9.59 Å². The summed E-state index contributed by atoms with van der Waals surface area (Å²) >= 11 is 0. The highest BCUT2D eigenvalue weighted by atomic mass is 16.4. The maximum absolute atomic E-state index is 11.5. The second-order valence-electron chi connectivity index (χ2n) is 3.90. The number of aliphatic carboxylic acids is 1. The molecular weight excluding hydrogens is 196 g/mol. The molecule has 0 aliphatic carbocycles. The average Bonchev–Trinajstić information content (AvgIpc) is 2.08. The van der Waals surface area contributed by atoms with Crippen LogP contribution in [0, 0.1) is 5.92 Å². The van der Waals surface area contributed by atoms with Gasteiger partial charge in [0, 0.05) is 13.1 Å². The maximum Gasteiger partial charge on any atom is 0.326 e. The average molecular weight is 214 g/mol. The Morgan fingerprint density at radius 1 is 1.53 bits per heavy atom. The molecule has 1 atom stereocenters. The largest absolute Gasteiger partial charge is 0.480 e. The van der Waals surface area contributed by atoms with Crippen LogP contribution in [0.2, 0.25) is 0 Å². The highest BCUT2D eigenvalue weighted by molar-refractivity contribution is 5.85. The van der Waals surface area contributed by atoms with Crippen molar-refractivity contribution in [2.24, 2.45) is 5.92 Å². The van der Waals surface area contributed by atoms with Crippen LogP contribution in [0.4, 0.5) is 0 Å². The summed E-state index contributed by atoms with van der Waals surface area (Å²) in [5.41, 5.74) is 0. The molecule has 1 fully saturated rings. The van der Waals surface area contributed by atoms with Gasteiger partial charge in [0.15, 0.2) is 0 Å². The molecule has 0 aromatic heterocycles. The fraction of sp³-hybridized carbons (Fsp3) is 0.800. The van der Waals surface area contributed by atoms with Gasteiger partial charge in [-0.3, -0.25) is 4.79 Å². The number of amides is 1. The van der Waals surface area contributed by atoms with E-state index in [1.807, 2.05) is 6.92 Å². The van der Waals surface area contributed by atoms with Gasteiger partial charge in [0.05, 0.1) is 5.92 Å². The molecule has 0 spiro atoms. The van der Waals surface area contributed by atoms with E-state index in [1.165, 1.54) is 0 Å². The van der Waals surface area contributed by atoms with Crippen molar-refractivity contribution in [1.82, 2.24) is 10.6 Å². The van der Waals surface area contributed by atoms with Gasteiger partial charge in [-0.2, -0.15) is 0 Å². The molecule has 1 rings (SSSR count). The van der Waals surface area contributed by atoms with Gasteiger partial charge in [0.2, 0.25) is 5.91 Å². The lowest BCUT2D eigenvalue weighted by Gasteiger charge is -2.27. The van der Waals surface area contributed by atoms with E-state index in [-0.39, 0.29) is 11.8 Å². The Balaban J connectivity index is 2.35. The van der Waals surface area contributed by atoms with E-state index in [1.54, 1.807) is 0 Å². The van der Waals surface area contributed by atoms with Crippen LogP contribution in [0.5, 0.6) is 0 Å². The molecule has 1 amide bonds. The standard InChI is InChI=1S/C10H18N2O3/c1-2-3-4-8(10(14)15)12-9(13)7-5-11-6-7/h7-8,11H,2-6H2,1H3,(H,12,13)(H,14,15). The lowest BCUT2D eigenvalue weighted by molar-refractivity contribution is -0.143. The van der Waals surface area contributed by atoms with Crippen molar-refractivity contribution in [2.45, 2.75) is 32.2 Å². The van der Waals surface area contributed by atoms with Crippen LogP contribution < -0.4 is 10.6 Å². The van der Waals surface area contributed by atoms with E-state index in [4.69, 9.17) is 5.11 Å². The minimum absolute atomic E-state index is 0.0477. The first kappa shape index (κ1) is 12.0. The SMILES string of the molecule is CCCCC(NC(=O)C1CNC1)C(=O)O. The molecular formula is C10H18N2O3. The number of hydrogen-bond acceptors (Lipinski definition) is 3. The summed E-state index contributed by atoms with van der Waals surface area (Å²) in [6, 6.07) is -0.724. The number of carbonyl (C=O) groups is 2. The fourth-order valence-electron chi connectivity index (χ4n) is 1.43. The van der Waals surface area contributed by atoms with Crippen LogP contribution in [-0.4, -0.2) is 36.1 Å². The summed E-state index contributed by atoms with van der Waals surface area (Å²) in [4.78, 5) is 22.3. The van der Waals surface area contributed by atoms with Crippen LogP contribution >= 0.6 is 0 Å². The Bertz CT molecular complexity index is 239. The van der Waals surface area contributed by atoms with Gasteiger partial charge in [0.25, 0.3) is 0 Å². The van der Waals surface area contributed by atoms with Crippen LogP contribution in [0.25, 0.3) is 0 Å². The summed E-state index contributed by atoms with van der Waals surface area (Å²) in [6.45, 7) is 3.31. The minimum atomic E-state index is -0.941. The minimum Gasteiger partial charge on any atom is -0.480 e. The quantitative estimate of drug-likeness (QED) is 0.580. The first-order chi connectivity index (χ1) is 7.15. The Morgan fingerprint density at radius 2 is 2.20 bits per heavy atom. The number of rotatable bonds is 6. The molecule has 0 radical (unpaired) electrons. The van der Waals surface area contributed by atoms with Gasteiger partial charge in [0.1, 0.15) is 6.04 Å². The van der Waals surface area contributed by atoms with E-state index in [0.29, 0.717) is 19.5 Å². The molecule has 3 N–H and O–H groups in total. The second kappa shape index (κ2) is 5.70. The molecule has 1 aliphatic rings. The van der Waals surface area contributed by atoms with Gasteiger partial charge < -0.3 is 15.7 Å². The summed E-state index contributed by atoms with van der Waals surface area (Å²) < 4.78 is 0. The van der Waals surface area contributed by atoms with Crippen molar-refractivity contribution < 1.29 is 14.7 Å². The number of nitrogens with one attached hydrogen (secondary N) is 2. The second-order valence-corrected chi connectivity index (χ2v) is 3.90. The molecule has 1 unspecified atom stereocenters. The van der Waals surface area contributed by atoms with Gasteiger partial charge in [-0.15, -0.1) is 0 Å². The lowest BCUT2D eigenvalue weighted by Crippen LogP contribution is -2.54. The van der Waals surface area contributed by atoms with Crippen molar-refractivity contribution in [3.05, 3.63) is 0 Å². The molecule has 86 valence electrons. The number of carbonyl (C=O) groups excluding carboxylic acids is 1. The summed E-state index contributed by atoms with van der Waals surface area (Å²) in [5, 5.41) is 14.4. The molecule has 5 nitrogen and oxygen atoms in total. The third-order valence-electron chi connectivity index (χ3n) is 2.61. The Hall–Kier alpha value is -1.10. The monoisotopic (exact) mass is 214 g/mol. The highest BCUT2D eigenvalue weighted by Gasteiger charge is 2.28. The summed E-state index contributed by atoms with van der Waals surface area (Å²) in [5.74, 6) is -1.13. The van der Waals surface area contributed by atoms with Crippen LogP contribution in [0.1, 0.15) is 26.2 Å². The van der Waals surface area contributed by atoms with Crippen molar-refractivity contribution >= 4 is 11.9 Å². The highest BCUT2D eigenvalue weighted by Crippen LogP contribution is 2.06. The Labute approximate surface area is 89.2 Å². The molecule has 1 saturated heterocycles. The number of carboxylic acids is 1. The van der Waals surface area contributed by atoms with E-state index in [0.717, 1.165) is 12.8 Å². The van der Waals surface area contributed by atoms with E-state index >= 15 is 0 Å². The molecule has 1 heterocycles. The number of unbranched alkanes of at least 4 members (excludes halogenated alkanes) is 1. The zero-order valence-corrected chi connectivity index (χ0v) is 8.95. The van der Waals surface area contributed by atoms with Crippen molar-refractivity contribution in [3.8, 4) is 0 Å². The smallest absolute Gasteiger partial charge is 0.326 e. The van der Waals surface area contributed by atoms with Gasteiger partial charge in [-0.1, -0.05) is 19.8 Å². The molecule has 5 heteroatoms. The fourth-order valence-corrected chi connectivity index (χ4v) is 1.43. The molecule has 15 heavy (non-hydrogen) atoms. The van der Waals surface area contributed by atoms with Crippen molar-refractivity contribution in [1.29, 1.82) is 0 Å². The molecule has 0 saturated carbocycles. The molecule has 0 aromatic carbocycles. The first-order valence-corrected chi connectivity index (χ1v) is 5.39. The van der Waals surface area contributed by atoms with Crippen LogP contribution in [0.3, 0.4) is 0 Å².